The summed E-state index contributed by atoms with van der Waals surface area (Å²) < 4.78 is 5.38. The summed E-state index contributed by atoms with van der Waals surface area (Å²) in [5.74, 6) is -0.114. The Balaban J connectivity index is 1.99. The lowest BCUT2D eigenvalue weighted by molar-refractivity contribution is -0.384. The molecule has 7 heteroatoms. The van der Waals surface area contributed by atoms with Crippen molar-refractivity contribution < 1.29 is 14.8 Å². The topological polar surface area (TPSA) is 96.7 Å². The Morgan fingerprint density at radius 1 is 1.65 bits per heavy atom. The first-order chi connectivity index (χ1) is 9.56. The Morgan fingerprint density at radius 2 is 2.45 bits per heavy atom. The van der Waals surface area contributed by atoms with Crippen LogP contribution >= 0.6 is 0 Å². The molecule has 0 aromatic heterocycles. The zero-order valence-electron chi connectivity index (χ0n) is 11.3. The fraction of sp³-hybridized carbons (Fsp3) is 0.538. The maximum Gasteiger partial charge on any atom is 0.296 e. The summed E-state index contributed by atoms with van der Waals surface area (Å²) in [6.07, 6.45) is 0.804. The fourth-order valence-corrected chi connectivity index (χ4v) is 2.32. The molecule has 7 nitrogen and oxygen atoms in total. The van der Waals surface area contributed by atoms with E-state index >= 15 is 0 Å². The predicted molar refractivity (Wildman–Crippen MR) is 75.1 cm³/mol. The zero-order chi connectivity index (χ0) is 14.5. The molecule has 1 saturated heterocycles. The number of nitrogens with zero attached hydrogens (tertiary/aromatic N) is 1. The third-order valence-electron chi connectivity index (χ3n) is 3.22. The molecule has 2 atom stereocenters. The SMILES string of the molecule is CC(CC1COCCN1)Nc1ccc(O)cc1[N+](=O)[O-]. The van der Waals surface area contributed by atoms with Crippen molar-refractivity contribution in [3.8, 4) is 5.75 Å². The van der Waals surface area contributed by atoms with E-state index in [2.05, 4.69) is 10.6 Å². The molecule has 2 rings (SSSR count). The average molecular weight is 281 g/mol. The number of nitro benzene ring substituents is 1. The second-order valence-corrected chi connectivity index (χ2v) is 4.97. The van der Waals surface area contributed by atoms with Gasteiger partial charge in [0.05, 0.1) is 24.2 Å². The van der Waals surface area contributed by atoms with Crippen LogP contribution in [0.25, 0.3) is 0 Å². The maximum atomic E-state index is 11.0. The monoisotopic (exact) mass is 281 g/mol. The van der Waals surface area contributed by atoms with Gasteiger partial charge in [-0.1, -0.05) is 0 Å². The minimum absolute atomic E-state index is 0.0532. The second kappa shape index (κ2) is 6.53. The molecule has 2 unspecified atom stereocenters. The van der Waals surface area contributed by atoms with Crippen molar-refractivity contribution in [2.45, 2.75) is 25.4 Å². The number of nitrogens with one attached hydrogen (secondary N) is 2. The van der Waals surface area contributed by atoms with Crippen LogP contribution in [-0.4, -0.2) is 41.9 Å². The molecule has 0 radical (unpaired) electrons. The van der Waals surface area contributed by atoms with Gasteiger partial charge in [0.1, 0.15) is 11.4 Å². The molecule has 110 valence electrons. The van der Waals surface area contributed by atoms with Crippen molar-refractivity contribution in [1.29, 1.82) is 0 Å². The molecular formula is C13H19N3O4. The Kier molecular flexibility index (Phi) is 4.75. The highest BCUT2D eigenvalue weighted by atomic mass is 16.6. The van der Waals surface area contributed by atoms with Gasteiger partial charge in [-0.3, -0.25) is 10.1 Å². The summed E-state index contributed by atoms with van der Waals surface area (Å²) in [5.41, 5.74) is 0.293. The number of nitro groups is 1. The molecule has 1 aromatic rings. The summed E-state index contributed by atoms with van der Waals surface area (Å²) in [4.78, 5) is 10.5. The lowest BCUT2D eigenvalue weighted by Crippen LogP contribution is -2.43. The van der Waals surface area contributed by atoms with Crippen LogP contribution in [0.2, 0.25) is 0 Å². The largest absolute Gasteiger partial charge is 0.508 e. The first-order valence-corrected chi connectivity index (χ1v) is 6.61. The maximum absolute atomic E-state index is 11.0. The predicted octanol–water partition coefficient (Wildman–Crippen LogP) is 1.48. The van der Waals surface area contributed by atoms with E-state index in [1.807, 2.05) is 6.92 Å². The van der Waals surface area contributed by atoms with Gasteiger partial charge in [-0.25, -0.2) is 0 Å². The van der Waals surface area contributed by atoms with Gasteiger partial charge in [-0.05, 0) is 25.5 Å². The van der Waals surface area contributed by atoms with Gasteiger partial charge >= 0.3 is 0 Å². The normalized spacial score (nSPS) is 20.4. The van der Waals surface area contributed by atoms with Gasteiger partial charge in [0.2, 0.25) is 0 Å². The average Bonchev–Trinajstić information content (AvgIpc) is 2.41. The number of phenolic OH excluding ortho intramolecular Hbond substituents is 1. The van der Waals surface area contributed by atoms with Gasteiger partial charge in [-0.15, -0.1) is 0 Å². The molecule has 1 aromatic carbocycles. The highest BCUT2D eigenvalue weighted by Crippen LogP contribution is 2.29. The number of rotatable bonds is 5. The van der Waals surface area contributed by atoms with Gasteiger partial charge in [0.15, 0.2) is 0 Å². The molecule has 3 N–H and O–H groups in total. The number of phenols is 1. The van der Waals surface area contributed by atoms with Crippen molar-refractivity contribution in [3.63, 3.8) is 0 Å². The first kappa shape index (κ1) is 14.5. The number of hydrogen-bond acceptors (Lipinski definition) is 6. The van der Waals surface area contributed by atoms with E-state index in [1.165, 1.54) is 12.1 Å². The molecule has 0 amide bonds. The van der Waals surface area contributed by atoms with Crippen LogP contribution in [0.5, 0.6) is 5.75 Å². The van der Waals surface area contributed by atoms with Crippen LogP contribution in [0.1, 0.15) is 13.3 Å². The molecular weight excluding hydrogens is 262 g/mol. The van der Waals surface area contributed by atoms with Crippen molar-refractivity contribution >= 4 is 11.4 Å². The molecule has 0 saturated carbocycles. The Labute approximate surface area is 117 Å². The van der Waals surface area contributed by atoms with Crippen LogP contribution in [0.4, 0.5) is 11.4 Å². The third kappa shape index (κ3) is 3.82. The number of ether oxygens (including phenoxy) is 1. The van der Waals surface area contributed by atoms with Crippen LogP contribution in [0, 0.1) is 10.1 Å². The van der Waals surface area contributed by atoms with Gasteiger partial charge in [-0.2, -0.15) is 0 Å². The number of anilines is 1. The van der Waals surface area contributed by atoms with Crippen molar-refractivity contribution in [2.75, 3.05) is 25.1 Å². The van der Waals surface area contributed by atoms with Crippen LogP contribution < -0.4 is 10.6 Å². The standard InChI is InChI=1S/C13H19N3O4/c1-9(6-10-8-20-5-4-14-10)15-12-3-2-11(17)7-13(12)16(18)19/h2-3,7,9-10,14-15,17H,4-6,8H2,1H3. The highest BCUT2D eigenvalue weighted by Gasteiger charge is 2.19. The first-order valence-electron chi connectivity index (χ1n) is 6.61. The van der Waals surface area contributed by atoms with Crippen LogP contribution in [-0.2, 0) is 4.74 Å². The van der Waals surface area contributed by atoms with Crippen LogP contribution in [0.15, 0.2) is 18.2 Å². The summed E-state index contributed by atoms with van der Waals surface area (Å²) in [5, 5.41) is 26.8. The van der Waals surface area contributed by atoms with E-state index in [4.69, 9.17) is 4.74 Å². The summed E-state index contributed by atoms with van der Waals surface area (Å²) in [7, 11) is 0. The lowest BCUT2D eigenvalue weighted by atomic mass is 10.1. The van der Waals surface area contributed by atoms with E-state index in [0.29, 0.717) is 12.3 Å². The fourth-order valence-electron chi connectivity index (χ4n) is 2.32. The third-order valence-corrected chi connectivity index (χ3v) is 3.22. The van der Waals surface area contributed by atoms with Gasteiger partial charge < -0.3 is 20.5 Å². The molecule has 1 fully saturated rings. The molecule has 20 heavy (non-hydrogen) atoms. The van der Waals surface area contributed by atoms with Crippen LogP contribution in [0.3, 0.4) is 0 Å². The molecule has 0 bridgehead atoms. The highest BCUT2D eigenvalue weighted by molar-refractivity contribution is 5.64. The quantitative estimate of drug-likeness (QED) is 0.430. The Bertz CT molecular complexity index is 475. The van der Waals surface area contributed by atoms with Gasteiger partial charge in [0, 0.05) is 18.6 Å². The lowest BCUT2D eigenvalue weighted by Gasteiger charge is -2.27. The molecule has 0 aliphatic carbocycles. The molecule has 0 spiro atoms. The van der Waals surface area contributed by atoms with Crippen molar-refractivity contribution in [1.82, 2.24) is 5.32 Å². The summed E-state index contributed by atoms with van der Waals surface area (Å²) >= 11 is 0. The van der Waals surface area contributed by atoms with Crippen molar-refractivity contribution in [2.24, 2.45) is 0 Å². The summed E-state index contributed by atoms with van der Waals surface area (Å²) in [6.45, 7) is 4.18. The van der Waals surface area contributed by atoms with E-state index < -0.39 is 4.92 Å². The number of morpholine rings is 1. The molecule has 1 heterocycles. The van der Waals surface area contributed by atoms with Crippen molar-refractivity contribution in [3.05, 3.63) is 28.3 Å². The second-order valence-electron chi connectivity index (χ2n) is 4.97. The van der Waals surface area contributed by atoms with Gasteiger partial charge in [0.25, 0.3) is 5.69 Å². The van der Waals surface area contributed by atoms with E-state index in [0.717, 1.165) is 25.6 Å². The number of benzene rings is 1. The minimum Gasteiger partial charge on any atom is -0.508 e. The van der Waals surface area contributed by atoms with E-state index in [1.54, 1.807) is 0 Å². The molecule has 1 aliphatic rings. The van der Waals surface area contributed by atoms with E-state index in [-0.39, 0.29) is 23.5 Å². The smallest absolute Gasteiger partial charge is 0.296 e. The minimum atomic E-state index is -0.503. The number of aromatic hydroxyl groups is 1. The molecule has 1 aliphatic heterocycles. The Morgan fingerprint density at radius 3 is 3.10 bits per heavy atom. The Hall–Kier alpha value is -1.86. The van der Waals surface area contributed by atoms with E-state index in [9.17, 15) is 15.2 Å². The number of hydrogen-bond donors (Lipinski definition) is 3. The summed E-state index contributed by atoms with van der Waals surface area (Å²) in [6, 6.07) is 4.41. The zero-order valence-corrected chi connectivity index (χ0v) is 11.3.